The molecule has 0 fully saturated rings. The summed E-state index contributed by atoms with van der Waals surface area (Å²) in [4.78, 5) is 8.61. The van der Waals surface area contributed by atoms with Crippen molar-refractivity contribution in [2.45, 2.75) is 0 Å². The maximum atomic E-state index is 9.60. The third-order valence-corrected chi connectivity index (χ3v) is 4.07. The monoisotopic (exact) mass is 321 g/mol. The minimum absolute atomic E-state index is 0.0600. The third-order valence-electron chi connectivity index (χ3n) is 3.76. The zero-order chi connectivity index (χ0) is 15.8. The molecule has 0 bridgehead atoms. The van der Waals surface area contributed by atoms with E-state index in [4.69, 9.17) is 11.6 Å². The molecule has 4 aromatic rings. The van der Waals surface area contributed by atoms with Crippen molar-refractivity contribution in [2.24, 2.45) is 0 Å². The second kappa shape index (κ2) is 5.41. The number of benzene rings is 2. The van der Waals surface area contributed by atoms with Gasteiger partial charge in [0.15, 0.2) is 0 Å². The number of phenols is 1. The van der Waals surface area contributed by atoms with Crippen LogP contribution >= 0.6 is 11.6 Å². The fourth-order valence-corrected chi connectivity index (χ4v) is 2.85. The van der Waals surface area contributed by atoms with Crippen LogP contribution in [0.2, 0.25) is 5.02 Å². The van der Waals surface area contributed by atoms with Crippen molar-refractivity contribution >= 4 is 22.4 Å². The van der Waals surface area contributed by atoms with Gasteiger partial charge in [0.05, 0.1) is 10.7 Å². The molecule has 0 aliphatic carbocycles. The highest BCUT2D eigenvalue weighted by Gasteiger charge is 2.11. The predicted octanol–water partition coefficient (Wildman–Crippen LogP) is 4.45. The maximum Gasteiger partial charge on any atom is 0.144 e. The first-order chi connectivity index (χ1) is 11.2. The molecule has 5 heteroatoms. The van der Waals surface area contributed by atoms with Gasteiger partial charge in [-0.15, -0.1) is 0 Å². The van der Waals surface area contributed by atoms with Gasteiger partial charge in [0.25, 0.3) is 0 Å². The normalized spacial score (nSPS) is 11.0. The molecule has 2 aromatic carbocycles. The van der Waals surface area contributed by atoms with E-state index in [1.165, 1.54) is 0 Å². The lowest BCUT2D eigenvalue weighted by Crippen LogP contribution is -1.97. The molecule has 4 nitrogen and oxygen atoms in total. The molecule has 0 amide bonds. The van der Waals surface area contributed by atoms with E-state index in [0.717, 1.165) is 27.8 Å². The Labute approximate surface area is 137 Å². The molecule has 0 saturated heterocycles. The molecule has 112 valence electrons. The van der Waals surface area contributed by atoms with Crippen LogP contribution in [0.25, 0.3) is 27.8 Å². The van der Waals surface area contributed by atoms with E-state index in [0.29, 0.717) is 5.02 Å². The van der Waals surface area contributed by atoms with E-state index < -0.39 is 0 Å². The van der Waals surface area contributed by atoms with E-state index in [1.54, 1.807) is 30.6 Å². The summed E-state index contributed by atoms with van der Waals surface area (Å²) in [6.45, 7) is 0. The second-order valence-electron chi connectivity index (χ2n) is 5.16. The molecular weight excluding hydrogens is 310 g/mol. The number of rotatable bonds is 2. The highest BCUT2D eigenvalue weighted by molar-refractivity contribution is 6.32. The van der Waals surface area contributed by atoms with Crippen LogP contribution in [-0.4, -0.2) is 19.6 Å². The van der Waals surface area contributed by atoms with Crippen molar-refractivity contribution in [3.8, 4) is 22.8 Å². The van der Waals surface area contributed by atoms with Gasteiger partial charge in [-0.1, -0.05) is 23.7 Å². The first kappa shape index (κ1) is 13.8. The average molecular weight is 322 g/mol. The summed E-state index contributed by atoms with van der Waals surface area (Å²) in [6.07, 6.45) is 7.27. The number of pyridine rings is 1. The Morgan fingerprint density at radius 1 is 1.04 bits per heavy atom. The van der Waals surface area contributed by atoms with Crippen molar-refractivity contribution < 1.29 is 5.11 Å². The number of aromatic nitrogens is 3. The highest BCUT2D eigenvalue weighted by atomic mass is 35.5. The van der Waals surface area contributed by atoms with E-state index in [1.807, 2.05) is 41.2 Å². The molecule has 2 aromatic heterocycles. The number of phenolic OH excluding ortho intramolecular Hbond substituents is 1. The van der Waals surface area contributed by atoms with Crippen LogP contribution in [0.3, 0.4) is 0 Å². The minimum atomic E-state index is 0.0600. The van der Waals surface area contributed by atoms with Gasteiger partial charge in [0.1, 0.15) is 11.6 Å². The molecular formula is C18H12ClN3O. The standard InChI is InChI=1S/C18H12ClN3O/c19-15-10-12(4-5-17(15)23)18-21-8-9-22(18)16-3-1-2-13-11-20-7-6-14(13)16/h1-11,23H. The number of aromatic hydroxyl groups is 1. The quantitative estimate of drug-likeness (QED) is 0.593. The maximum absolute atomic E-state index is 9.60. The Morgan fingerprint density at radius 3 is 2.83 bits per heavy atom. The zero-order valence-electron chi connectivity index (χ0n) is 12.0. The Balaban J connectivity index is 1.94. The fourth-order valence-electron chi connectivity index (χ4n) is 2.67. The summed E-state index contributed by atoms with van der Waals surface area (Å²) in [5.74, 6) is 0.820. The van der Waals surface area contributed by atoms with Gasteiger partial charge in [0.2, 0.25) is 0 Å². The fraction of sp³-hybridized carbons (Fsp3) is 0. The Bertz CT molecular complexity index is 1000. The number of hydrogen-bond acceptors (Lipinski definition) is 3. The SMILES string of the molecule is Oc1ccc(-c2nccn2-c2cccc3cnccc23)cc1Cl. The molecule has 2 heterocycles. The highest BCUT2D eigenvalue weighted by Crippen LogP contribution is 2.31. The first-order valence-electron chi connectivity index (χ1n) is 7.09. The van der Waals surface area contributed by atoms with E-state index in [9.17, 15) is 5.11 Å². The Morgan fingerprint density at radius 2 is 1.96 bits per heavy atom. The largest absolute Gasteiger partial charge is 0.506 e. The van der Waals surface area contributed by atoms with Crippen LogP contribution in [-0.2, 0) is 0 Å². The lowest BCUT2D eigenvalue weighted by molar-refractivity contribution is 0.475. The molecule has 0 radical (unpaired) electrons. The Kier molecular flexibility index (Phi) is 3.24. The minimum Gasteiger partial charge on any atom is -0.506 e. The van der Waals surface area contributed by atoms with Crippen molar-refractivity contribution in [3.63, 3.8) is 0 Å². The number of fused-ring (bicyclic) bond motifs is 1. The smallest absolute Gasteiger partial charge is 0.144 e. The van der Waals surface area contributed by atoms with Crippen LogP contribution in [0.5, 0.6) is 5.75 Å². The molecule has 0 aliphatic heterocycles. The molecule has 0 atom stereocenters. The van der Waals surface area contributed by atoms with Crippen molar-refractivity contribution in [2.75, 3.05) is 0 Å². The van der Waals surface area contributed by atoms with E-state index in [2.05, 4.69) is 9.97 Å². The predicted molar refractivity (Wildman–Crippen MR) is 91.0 cm³/mol. The first-order valence-corrected chi connectivity index (χ1v) is 7.47. The van der Waals surface area contributed by atoms with Gasteiger partial charge in [-0.3, -0.25) is 9.55 Å². The summed E-state index contributed by atoms with van der Waals surface area (Å²) in [5, 5.41) is 12.1. The lowest BCUT2D eigenvalue weighted by atomic mass is 10.1. The van der Waals surface area contributed by atoms with Crippen molar-refractivity contribution in [3.05, 3.63) is 72.3 Å². The van der Waals surface area contributed by atoms with Gasteiger partial charge in [-0.2, -0.15) is 0 Å². The molecule has 0 saturated carbocycles. The van der Waals surface area contributed by atoms with Crippen LogP contribution in [0.4, 0.5) is 0 Å². The lowest BCUT2D eigenvalue weighted by Gasteiger charge is -2.11. The second-order valence-corrected chi connectivity index (χ2v) is 5.57. The average Bonchev–Trinajstić information content (AvgIpc) is 3.06. The number of halogens is 1. The summed E-state index contributed by atoms with van der Waals surface area (Å²) >= 11 is 6.03. The van der Waals surface area contributed by atoms with Crippen LogP contribution < -0.4 is 0 Å². The van der Waals surface area contributed by atoms with Gasteiger partial charge in [-0.25, -0.2) is 4.98 Å². The molecule has 1 N–H and O–H groups in total. The molecule has 0 aliphatic rings. The van der Waals surface area contributed by atoms with Gasteiger partial charge >= 0.3 is 0 Å². The number of imidazole rings is 1. The molecule has 0 spiro atoms. The zero-order valence-corrected chi connectivity index (χ0v) is 12.8. The van der Waals surface area contributed by atoms with E-state index in [-0.39, 0.29) is 5.75 Å². The summed E-state index contributed by atoms with van der Waals surface area (Å²) in [6, 6.07) is 13.1. The van der Waals surface area contributed by atoms with Crippen molar-refractivity contribution in [1.29, 1.82) is 0 Å². The summed E-state index contributed by atoms with van der Waals surface area (Å²) in [7, 11) is 0. The van der Waals surface area contributed by atoms with Gasteiger partial charge < -0.3 is 5.11 Å². The topological polar surface area (TPSA) is 50.9 Å². The van der Waals surface area contributed by atoms with Gasteiger partial charge in [0, 0.05) is 41.1 Å². The van der Waals surface area contributed by atoms with E-state index >= 15 is 0 Å². The van der Waals surface area contributed by atoms with Crippen LogP contribution in [0.1, 0.15) is 0 Å². The summed E-state index contributed by atoms with van der Waals surface area (Å²) in [5.41, 5.74) is 1.85. The van der Waals surface area contributed by atoms with Crippen molar-refractivity contribution in [1.82, 2.24) is 14.5 Å². The van der Waals surface area contributed by atoms with Crippen LogP contribution in [0, 0.1) is 0 Å². The number of nitrogens with zero attached hydrogens (tertiary/aromatic N) is 3. The summed E-state index contributed by atoms with van der Waals surface area (Å²) < 4.78 is 2.01. The molecule has 0 unspecified atom stereocenters. The molecule has 23 heavy (non-hydrogen) atoms. The van der Waals surface area contributed by atoms with Gasteiger partial charge in [-0.05, 0) is 30.3 Å². The van der Waals surface area contributed by atoms with Crippen LogP contribution in [0.15, 0.2) is 67.3 Å². The number of hydrogen-bond donors (Lipinski definition) is 1. The molecule has 4 rings (SSSR count). The third kappa shape index (κ3) is 2.33. The Hall–Kier alpha value is -2.85.